The normalized spacial score (nSPS) is 21.0. The highest BCUT2D eigenvalue weighted by atomic mass is 16.5. The lowest BCUT2D eigenvalue weighted by molar-refractivity contribution is -0.121. The molecule has 1 amide bonds. The van der Waals surface area contributed by atoms with E-state index in [1.54, 1.807) is 7.11 Å². The molecule has 2 unspecified atom stereocenters. The van der Waals surface area contributed by atoms with E-state index in [0.29, 0.717) is 31.5 Å². The molecule has 2 aromatic rings. The summed E-state index contributed by atoms with van der Waals surface area (Å²) in [6.45, 7) is 6.93. The summed E-state index contributed by atoms with van der Waals surface area (Å²) in [6.07, 6.45) is 3.53. The first kappa shape index (κ1) is 25.3. The third-order valence-electron chi connectivity index (χ3n) is 6.71. The van der Waals surface area contributed by atoms with E-state index in [9.17, 15) is 4.79 Å². The first-order chi connectivity index (χ1) is 17.1. The van der Waals surface area contributed by atoms with Gasteiger partial charge in [0.05, 0.1) is 32.9 Å². The number of nitrogens with one attached hydrogen (secondary N) is 3. The molecule has 0 saturated carbocycles. The van der Waals surface area contributed by atoms with Crippen molar-refractivity contribution in [3.05, 3.63) is 53.6 Å². The number of likely N-dealkylation sites (tertiary alicyclic amines) is 1. The van der Waals surface area contributed by atoms with Gasteiger partial charge in [0, 0.05) is 25.2 Å². The van der Waals surface area contributed by atoms with Crippen molar-refractivity contribution < 1.29 is 19.0 Å². The first-order valence-corrected chi connectivity index (χ1v) is 12.7. The average Bonchev–Trinajstić information content (AvgIpc) is 3.37. The molecule has 0 aromatic heterocycles. The van der Waals surface area contributed by atoms with Crippen molar-refractivity contribution in [3.63, 3.8) is 0 Å². The molecule has 190 valence electrons. The van der Waals surface area contributed by atoms with Gasteiger partial charge >= 0.3 is 0 Å². The quantitative estimate of drug-likeness (QED) is 0.480. The van der Waals surface area contributed by atoms with E-state index in [2.05, 4.69) is 33.2 Å². The van der Waals surface area contributed by atoms with Gasteiger partial charge in [-0.25, -0.2) is 10.9 Å². The van der Waals surface area contributed by atoms with E-state index in [1.807, 2.05) is 44.2 Å². The minimum atomic E-state index is 0.0512. The van der Waals surface area contributed by atoms with Gasteiger partial charge in [0.25, 0.3) is 0 Å². The summed E-state index contributed by atoms with van der Waals surface area (Å²) < 4.78 is 16.6. The smallest absolute Gasteiger partial charge is 0.224 e. The number of hydrogen-bond acceptors (Lipinski definition) is 7. The lowest BCUT2D eigenvalue weighted by Crippen LogP contribution is -2.51. The van der Waals surface area contributed by atoms with Crippen LogP contribution in [0.1, 0.15) is 50.3 Å². The fourth-order valence-corrected chi connectivity index (χ4v) is 4.86. The van der Waals surface area contributed by atoms with E-state index in [0.717, 1.165) is 49.4 Å². The topological polar surface area (TPSA) is 84.1 Å². The van der Waals surface area contributed by atoms with Crippen LogP contribution >= 0.6 is 0 Å². The first-order valence-electron chi connectivity index (χ1n) is 12.7. The molecule has 8 nitrogen and oxygen atoms in total. The number of carbonyl (C=O) groups is 1. The van der Waals surface area contributed by atoms with Crippen molar-refractivity contribution in [1.29, 1.82) is 0 Å². The Bertz CT molecular complexity index is 960. The summed E-state index contributed by atoms with van der Waals surface area (Å²) in [7, 11) is 1.69. The molecule has 2 aromatic carbocycles. The van der Waals surface area contributed by atoms with Gasteiger partial charge in [-0.05, 0) is 68.5 Å². The van der Waals surface area contributed by atoms with E-state index in [-0.39, 0.29) is 18.0 Å². The standard InChI is InChI=1S/C27H38N4O4/c1-4-34-24-11-6-19(16-25(24)35-5-2)17-27(32)28-21-12-14-31(15-13-21)26-18-23(29-30-26)20-7-9-22(33-3)10-8-20/h6-11,16,21,23,26,29-30H,4-5,12-15,17-18H2,1-3H3,(H,28,32). The zero-order valence-electron chi connectivity index (χ0n) is 21.0. The summed E-state index contributed by atoms with van der Waals surface area (Å²) >= 11 is 0. The van der Waals surface area contributed by atoms with Gasteiger partial charge in [-0.2, -0.15) is 0 Å². The molecule has 2 saturated heterocycles. The minimum absolute atomic E-state index is 0.0512. The number of hydrogen-bond donors (Lipinski definition) is 3. The molecule has 35 heavy (non-hydrogen) atoms. The molecule has 0 spiro atoms. The van der Waals surface area contributed by atoms with Gasteiger partial charge in [-0.3, -0.25) is 9.69 Å². The molecule has 8 heteroatoms. The third kappa shape index (κ3) is 6.66. The number of piperidine rings is 1. The highest BCUT2D eigenvalue weighted by molar-refractivity contribution is 5.79. The van der Waals surface area contributed by atoms with Crippen LogP contribution in [-0.4, -0.2) is 56.4 Å². The molecule has 0 aliphatic carbocycles. The highest BCUT2D eigenvalue weighted by Gasteiger charge is 2.32. The average molecular weight is 483 g/mol. The van der Waals surface area contributed by atoms with Crippen molar-refractivity contribution in [1.82, 2.24) is 21.1 Å². The van der Waals surface area contributed by atoms with Crippen LogP contribution in [-0.2, 0) is 11.2 Å². The van der Waals surface area contributed by atoms with Crippen LogP contribution in [0.3, 0.4) is 0 Å². The number of nitrogens with zero attached hydrogens (tertiary/aromatic N) is 1. The summed E-state index contributed by atoms with van der Waals surface area (Å²) in [5.41, 5.74) is 9.07. The van der Waals surface area contributed by atoms with Crippen LogP contribution in [0.4, 0.5) is 0 Å². The van der Waals surface area contributed by atoms with E-state index in [4.69, 9.17) is 14.2 Å². The Morgan fingerprint density at radius 1 is 1.00 bits per heavy atom. The molecule has 0 bridgehead atoms. The Balaban J connectivity index is 1.22. The molecular weight excluding hydrogens is 444 g/mol. The second kappa shape index (κ2) is 12.2. The van der Waals surface area contributed by atoms with Crippen LogP contribution < -0.4 is 30.4 Å². The SMILES string of the molecule is CCOc1ccc(CC(=O)NC2CCN(C3CC(c4ccc(OC)cc4)NN3)CC2)cc1OCC. The molecule has 2 aliphatic rings. The molecule has 3 N–H and O–H groups in total. The molecule has 2 atom stereocenters. The number of hydrazine groups is 1. The van der Waals surface area contributed by atoms with Crippen molar-refractivity contribution in [2.75, 3.05) is 33.4 Å². The Hall–Kier alpha value is -2.81. The van der Waals surface area contributed by atoms with E-state index < -0.39 is 0 Å². The molecule has 0 radical (unpaired) electrons. The monoisotopic (exact) mass is 482 g/mol. The number of rotatable bonds is 10. The molecule has 2 heterocycles. The maximum atomic E-state index is 12.7. The second-order valence-corrected chi connectivity index (χ2v) is 9.07. The molecule has 2 fully saturated rings. The van der Waals surface area contributed by atoms with Crippen molar-refractivity contribution in [2.24, 2.45) is 0 Å². The summed E-state index contributed by atoms with van der Waals surface area (Å²) in [6, 6.07) is 14.5. The summed E-state index contributed by atoms with van der Waals surface area (Å²) in [5, 5.41) is 3.23. The molecule has 4 rings (SSSR count). The van der Waals surface area contributed by atoms with Gasteiger partial charge in [0.15, 0.2) is 11.5 Å². The van der Waals surface area contributed by atoms with Gasteiger partial charge in [0.1, 0.15) is 5.75 Å². The Morgan fingerprint density at radius 3 is 2.40 bits per heavy atom. The van der Waals surface area contributed by atoms with Gasteiger partial charge < -0.3 is 19.5 Å². The Labute approximate surface area is 208 Å². The maximum Gasteiger partial charge on any atom is 0.224 e. The van der Waals surface area contributed by atoms with Crippen LogP contribution in [0.2, 0.25) is 0 Å². The fraction of sp³-hybridized carbons (Fsp3) is 0.519. The van der Waals surface area contributed by atoms with E-state index in [1.165, 1.54) is 5.56 Å². The summed E-state index contributed by atoms with van der Waals surface area (Å²) in [4.78, 5) is 15.2. The fourth-order valence-electron chi connectivity index (χ4n) is 4.86. The third-order valence-corrected chi connectivity index (χ3v) is 6.71. The maximum absolute atomic E-state index is 12.7. The zero-order chi connectivity index (χ0) is 24.6. The number of ether oxygens (including phenoxy) is 3. The number of methoxy groups -OCH3 is 1. The van der Waals surface area contributed by atoms with Crippen molar-refractivity contribution >= 4 is 5.91 Å². The molecule has 2 aliphatic heterocycles. The van der Waals surface area contributed by atoms with Crippen LogP contribution in [0.5, 0.6) is 17.2 Å². The lowest BCUT2D eigenvalue weighted by atomic mass is 10.0. The van der Waals surface area contributed by atoms with Gasteiger partial charge in [-0.1, -0.05) is 18.2 Å². The van der Waals surface area contributed by atoms with Gasteiger partial charge in [0.2, 0.25) is 5.91 Å². The predicted molar refractivity (Wildman–Crippen MR) is 136 cm³/mol. The van der Waals surface area contributed by atoms with Gasteiger partial charge in [-0.15, -0.1) is 0 Å². The number of benzene rings is 2. The van der Waals surface area contributed by atoms with Crippen molar-refractivity contribution in [2.45, 2.75) is 57.8 Å². The molecular formula is C27H38N4O4. The Morgan fingerprint density at radius 2 is 1.71 bits per heavy atom. The zero-order valence-corrected chi connectivity index (χ0v) is 21.0. The second-order valence-electron chi connectivity index (χ2n) is 9.07. The Kier molecular flexibility index (Phi) is 8.84. The van der Waals surface area contributed by atoms with Crippen molar-refractivity contribution in [3.8, 4) is 17.2 Å². The van der Waals surface area contributed by atoms with Crippen LogP contribution in [0, 0.1) is 0 Å². The van der Waals surface area contributed by atoms with E-state index >= 15 is 0 Å². The lowest BCUT2D eigenvalue weighted by Gasteiger charge is -2.35. The highest BCUT2D eigenvalue weighted by Crippen LogP contribution is 2.29. The van der Waals surface area contributed by atoms with Crippen LogP contribution in [0.25, 0.3) is 0 Å². The summed E-state index contributed by atoms with van der Waals surface area (Å²) in [5.74, 6) is 2.33. The predicted octanol–water partition coefficient (Wildman–Crippen LogP) is 3.18. The van der Waals surface area contributed by atoms with Crippen LogP contribution in [0.15, 0.2) is 42.5 Å². The largest absolute Gasteiger partial charge is 0.497 e. The minimum Gasteiger partial charge on any atom is -0.497 e. The number of carbonyl (C=O) groups excluding carboxylic acids is 1. The number of amides is 1.